The van der Waals surface area contributed by atoms with E-state index in [0.29, 0.717) is 34.9 Å². The maximum atomic E-state index is 12.8. The molecule has 0 unspecified atom stereocenters. The molecule has 0 aromatic heterocycles. The molecule has 0 heterocycles. The second-order valence-electron chi connectivity index (χ2n) is 7.83. The van der Waals surface area contributed by atoms with Crippen molar-refractivity contribution in [1.29, 1.82) is 0 Å². The summed E-state index contributed by atoms with van der Waals surface area (Å²) in [5.74, 6) is 0.747. The fourth-order valence-electron chi connectivity index (χ4n) is 3.65. The van der Waals surface area contributed by atoms with E-state index >= 15 is 0 Å². The Morgan fingerprint density at radius 1 is 1.07 bits per heavy atom. The van der Waals surface area contributed by atoms with Gasteiger partial charge in [0, 0.05) is 11.6 Å². The van der Waals surface area contributed by atoms with Crippen LogP contribution >= 0.6 is 11.6 Å². The molecule has 0 saturated heterocycles. The molecule has 30 heavy (non-hydrogen) atoms. The number of rotatable bonds is 7. The van der Waals surface area contributed by atoms with Crippen molar-refractivity contribution in [2.45, 2.75) is 45.1 Å². The number of carbonyl (C=O) groups is 2. The van der Waals surface area contributed by atoms with Gasteiger partial charge in [-0.15, -0.1) is 0 Å². The number of halogens is 1. The van der Waals surface area contributed by atoms with Crippen molar-refractivity contribution in [3.63, 3.8) is 0 Å². The first-order valence-corrected chi connectivity index (χ1v) is 10.8. The first-order chi connectivity index (χ1) is 14.5. The minimum absolute atomic E-state index is 0.141. The van der Waals surface area contributed by atoms with E-state index in [2.05, 4.69) is 12.2 Å². The van der Waals surface area contributed by atoms with Crippen LogP contribution in [0.3, 0.4) is 0 Å². The number of esters is 1. The molecule has 5 nitrogen and oxygen atoms in total. The average Bonchev–Trinajstić information content (AvgIpc) is 2.76. The van der Waals surface area contributed by atoms with Crippen LogP contribution in [0.4, 0.5) is 0 Å². The molecule has 0 atom stereocenters. The average molecular weight is 430 g/mol. The maximum absolute atomic E-state index is 12.8. The smallest absolute Gasteiger partial charge is 0.337 e. The minimum Gasteiger partial charge on any atom is -0.490 e. The van der Waals surface area contributed by atoms with Crippen LogP contribution in [0.1, 0.15) is 58.9 Å². The molecule has 0 spiro atoms. The number of carbonyl (C=O) groups excluding carboxylic acids is 2. The molecule has 0 aliphatic heterocycles. The van der Waals surface area contributed by atoms with Gasteiger partial charge in [0.05, 0.1) is 24.3 Å². The first kappa shape index (κ1) is 22.2. The highest BCUT2D eigenvalue weighted by Crippen LogP contribution is 2.30. The molecule has 1 amide bonds. The van der Waals surface area contributed by atoms with Crippen LogP contribution in [0.25, 0.3) is 0 Å². The van der Waals surface area contributed by atoms with Gasteiger partial charge in [0.2, 0.25) is 0 Å². The van der Waals surface area contributed by atoms with Crippen LogP contribution in [-0.2, 0) is 11.2 Å². The van der Waals surface area contributed by atoms with E-state index in [1.807, 2.05) is 12.1 Å². The molecule has 3 rings (SSSR count). The summed E-state index contributed by atoms with van der Waals surface area (Å²) in [6.45, 7) is 2.73. The Morgan fingerprint density at radius 3 is 2.43 bits per heavy atom. The lowest BCUT2D eigenvalue weighted by Gasteiger charge is -2.27. The van der Waals surface area contributed by atoms with E-state index in [-0.39, 0.29) is 18.0 Å². The van der Waals surface area contributed by atoms with Crippen LogP contribution < -0.4 is 10.1 Å². The summed E-state index contributed by atoms with van der Waals surface area (Å²) in [5, 5.41) is 3.44. The fraction of sp³-hybridized carbons (Fsp3) is 0.417. The molecular weight excluding hydrogens is 402 g/mol. The number of hydrogen-bond donors (Lipinski definition) is 1. The summed E-state index contributed by atoms with van der Waals surface area (Å²) in [6.07, 6.45) is 5.09. The van der Waals surface area contributed by atoms with Gasteiger partial charge in [-0.2, -0.15) is 0 Å². The number of benzene rings is 2. The minimum atomic E-state index is -0.365. The van der Waals surface area contributed by atoms with Crippen molar-refractivity contribution in [3.8, 4) is 5.75 Å². The predicted molar refractivity (Wildman–Crippen MR) is 117 cm³/mol. The molecule has 1 aliphatic carbocycles. The monoisotopic (exact) mass is 429 g/mol. The fourth-order valence-corrected chi connectivity index (χ4v) is 3.82. The van der Waals surface area contributed by atoms with Gasteiger partial charge in [-0.25, -0.2) is 4.79 Å². The Kier molecular flexibility index (Phi) is 7.75. The van der Waals surface area contributed by atoms with Crippen LogP contribution in [0.2, 0.25) is 5.02 Å². The Hall–Kier alpha value is -2.53. The Balaban J connectivity index is 1.58. The number of methoxy groups -OCH3 is 1. The number of hydrogen-bond acceptors (Lipinski definition) is 4. The van der Waals surface area contributed by atoms with Gasteiger partial charge in [-0.3, -0.25) is 4.79 Å². The third kappa shape index (κ3) is 5.99. The van der Waals surface area contributed by atoms with Gasteiger partial charge < -0.3 is 14.8 Å². The topological polar surface area (TPSA) is 64.6 Å². The van der Waals surface area contributed by atoms with Gasteiger partial charge in [0.1, 0.15) is 5.75 Å². The van der Waals surface area contributed by atoms with E-state index in [9.17, 15) is 9.59 Å². The predicted octanol–water partition coefficient (Wildman–Crippen LogP) is 5.06. The molecular formula is C24H28ClNO4. The van der Waals surface area contributed by atoms with Gasteiger partial charge in [0.15, 0.2) is 0 Å². The lowest BCUT2D eigenvalue weighted by atomic mass is 9.89. The van der Waals surface area contributed by atoms with E-state index in [0.717, 1.165) is 37.2 Å². The summed E-state index contributed by atoms with van der Waals surface area (Å²) in [4.78, 5) is 24.3. The SMILES string of the molecule is COC(=O)c1ccc(CCNC(=O)c2cc(Cl)ccc2O[C@H]2CC[C@@H](C)CC2)cc1. The Morgan fingerprint density at radius 2 is 1.77 bits per heavy atom. The number of amides is 1. The second-order valence-corrected chi connectivity index (χ2v) is 8.27. The third-order valence-corrected chi connectivity index (χ3v) is 5.75. The summed E-state index contributed by atoms with van der Waals surface area (Å²) in [5.41, 5.74) is 1.98. The van der Waals surface area contributed by atoms with Gasteiger partial charge in [-0.05, 0) is 73.9 Å². The lowest BCUT2D eigenvalue weighted by molar-refractivity contribution is 0.0600. The molecule has 160 valence electrons. The summed E-state index contributed by atoms with van der Waals surface area (Å²) < 4.78 is 10.9. The van der Waals surface area contributed by atoms with E-state index in [4.69, 9.17) is 21.1 Å². The zero-order chi connectivity index (χ0) is 21.5. The summed E-state index contributed by atoms with van der Waals surface area (Å²) >= 11 is 6.13. The van der Waals surface area contributed by atoms with E-state index in [1.54, 1.807) is 30.3 Å². The molecule has 1 saturated carbocycles. The van der Waals surface area contributed by atoms with E-state index < -0.39 is 0 Å². The van der Waals surface area contributed by atoms with Crippen molar-refractivity contribution in [2.24, 2.45) is 5.92 Å². The molecule has 2 aromatic carbocycles. The molecule has 1 aliphatic rings. The first-order valence-electron chi connectivity index (χ1n) is 10.4. The normalized spacial score (nSPS) is 18.5. The third-order valence-electron chi connectivity index (χ3n) is 5.52. The molecule has 1 fully saturated rings. The van der Waals surface area contributed by atoms with Crippen molar-refractivity contribution >= 4 is 23.5 Å². The van der Waals surface area contributed by atoms with E-state index in [1.165, 1.54) is 7.11 Å². The summed E-state index contributed by atoms with van der Waals surface area (Å²) in [7, 11) is 1.36. The summed E-state index contributed by atoms with van der Waals surface area (Å²) in [6, 6.07) is 12.3. The van der Waals surface area contributed by atoms with Crippen LogP contribution in [-0.4, -0.2) is 31.6 Å². The van der Waals surface area contributed by atoms with Gasteiger partial charge in [-0.1, -0.05) is 30.7 Å². The van der Waals surface area contributed by atoms with Crippen molar-refractivity contribution in [1.82, 2.24) is 5.32 Å². The number of nitrogens with one attached hydrogen (secondary N) is 1. The van der Waals surface area contributed by atoms with Crippen molar-refractivity contribution in [2.75, 3.05) is 13.7 Å². The zero-order valence-electron chi connectivity index (χ0n) is 17.4. The molecule has 0 bridgehead atoms. The van der Waals surface area contributed by atoms with Gasteiger partial charge >= 0.3 is 5.97 Å². The second kappa shape index (κ2) is 10.5. The Labute approximate surface area is 182 Å². The lowest BCUT2D eigenvalue weighted by Crippen LogP contribution is -2.28. The van der Waals surface area contributed by atoms with Crippen LogP contribution in [0, 0.1) is 5.92 Å². The standard InChI is InChI=1S/C24H28ClNO4/c1-16-3-10-20(11-4-16)30-22-12-9-19(25)15-21(22)23(27)26-14-13-17-5-7-18(8-6-17)24(28)29-2/h5-9,12,15-16,20H,3-4,10-11,13-14H2,1-2H3,(H,26,27)/t16-,20+. The molecule has 2 aromatic rings. The quantitative estimate of drug-likeness (QED) is 0.625. The highest BCUT2D eigenvalue weighted by Gasteiger charge is 2.22. The zero-order valence-corrected chi connectivity index (χ0v) is 18.2. The maximum Gasteiger partial charge on any atom is 0.337 e. The molecule has 0 radical (unpaired) electrons. The Bertz CT molecular complexity index is 873. The van der Waals surface area contributed by atoms with Crippen molar-refractivity contribution in [3.05, 3.63) is 64.2 Å². The molecule has 1 N–H and O–H groups in total. The largest absolute Gasteiger partial charge is 0.490 e. The van der Waals surface area contributed by atoms with Crippen LogP contribution in [0.15, 0.2) is 42.5 Å². The van der Waals surface area contributed by atoms with Crippen LogP contribution in [0.5, 0.6) is 5.75 Å². The highest BCUT2D eigenvalue weighted by molar-refractivity contribution is 6.31. The number of ether oxygens (including phenoxy) is 2. The highest BCUT2D eigenvalue weighted by atomic mass is 35.5. The van der Waals surface area contributed by atoms with Crippen molar-refractivity contribution < 1.29 is 19.1 Å². The molecule has 6 heteroatoms. The van der Waals surface area contributed by atoms with Gasteiger partial charge in [0.25, 0.3) is 5.91 Å².